The summed E-state index contributed by atoms with van der Waals surface area (Å²) in [6, 6.07) is 5.66. The van der Waals surface area contributed by atoms with Gasteiger partial charge in [-0.05, 0) is 24.1 Å². The zero-order valence-corrected chi connectivity index (χ0v) is 13.4. The number of carbonyl (C=O) groups is 1. The van der Waals surface area contributed by atoms with Crippen LogP contribution < -0.4 is 14.8 Å². The van der Waals surface area contributed by atoms with Gasteiger partial charge in [-0.15, -0.1) is 0 Å². The summed E-state index contributed by atoms with van der Waals surface area (Å²) in [4.78, 5) is 12.6. The molecule has 3 heterocycles. The molecule has 7 nitrogen and oxygen atoms in total. The summed E-state index contributed by atoms with van der Waals surface area (Å²) in [5, 5.41) is 7.41. The van der Waals surface area contributed by atoms with Crippen molar-refractivity contribution in [2.75, 3.05) is 20.0 Å². The average molecular weight is 329 g/mol. The van der Waals surface area contributed by atoms with Crippen molar-refractivity contribution in [2.45, 2.75) is 18.9 Å². The van der Waals surface area contributed by atoms with Crippen LogP contribution in [0.5, 0.6) is 11.5 Å². The molecule has 24 heavy (non-hydrogen) atoms. The molecule has 1 N–H and O–H groups in total. The average Bonchev–Trinajstić information content (AvgIpc) is 3.31. The van der Waals surface area contributed by atoms with E-state index in [1.807, 2.05) is 25.2 Å². The highest BCUT2D eigenvalue weighted by Crippen LogP contribution is 2.32. The molecular weight excluding hydrogens is 310 g/mol. The summed E-state index contributed by atoms with van der Waals surface area (Å²) in [5.41, 5.74) is 2.40. The third-order valence-corrected chi connectivity index (χ3v) is 4.31. The third kappa shape index (κ3) is 2.82. The number of amides is 1. The number of rotatable bonds is 4. The minimum atomic E-state index is -0.123. The van der Waals surface area contributed by atoms with Crippen LogP contribution in [-0.4, -0.2) is 35.7 Å². The third-order valence-electron chi connectivity index (χ3n) is 4.31. The molecule has 0 radical (unpaired) electrons. The summed E-state index contributed by atoms with van der Waals surface area (Å²) in [6.07, 6.45) is 2.67. The highest BCUT2D eigenvalue weighted by molar-refractivity contribution is 5.95. The predicted molar refractivity (Wildman–Crippen MR) is 85.1 cm³/mol. The first-order chi connectivity index (χ1) is 11.7. The molecule has 0 unspecified atom stereocenters. The smallest absolute Gasteiger partial charge is 0.255 e. The normalized spacial score (nSPS) is 18.8. The number of fused-ring (bicyclic) bond motifs is 1. The van der Waals surface area contributed by atoms with Gasteiger partial charge in [0.05, 0.1) is 17.9 Å². The molecule has 1 saturated heterocycles. The van der Waals surface area contributed by atoms with E-state index in [4.69, 9.17) is 14.2 Å². The number of hydrogen-bond acceptors (Lipinski definition) is 5. The van der Waals surface area contributed by atoms with E-state index in [-0.39, 0.29) is 18.6 Å². The van der Waals surface area contributed by atoms with Gasteiger partial charge in [0.25, 0.3) is 5.91 Å². The molecule has 1 amide bonds. The molecule has 0 spiro atoms. The Morgan fingerprint density at radius 2 is 2.25 bits per heavy atom. The fraction of sp³-hybridized carbons (Fsp3) is 0.412. The Kier molecular flexibility index (Phi) is 3.86. The number of aromatic nitrogens is 2. The lowest BCUT2D eigenvalue weighted by atomic mass is 10.0. The van der Waals surface area contributed by atoms with Gasteiger partial charge in [0.15, 0.2) is 11.5 Å². The highest BCUT2D eigenvalue weighted by Gasteiger charge is 2.26. The van der Waals surface area contributed by atoms with E-state index < -0.39 is 0 Å². The number of nitrogens with zero attached hydrogens (tertiary/aromatic N) is 2. The Labute approximate surface area is 139 Å². The number of aryl methyl sites for hydroxylation is 1. The molecule has 1 aromatic heterocycles. The van der Waals surface area contributed by atoms with Crippen molar-refractivity contribution in [3.05, 3.63) is 41.2 Å². The van der Waals surface area contributed by atoms with Crippen molar-refractivity contribution in [2.24, 2.45) is 7.05 Å². The zero-order valence-electron chi connectivity index (χ0n) is 13.4. The zero-order chi connectivity index (χ0) is 16.5. The Balaban J connectivity index is 1.46. The van der Waals surface area contributed by atoms with Crippen LogP contribution in [0.4, 0.5) is 0 Å². The molecule has 7 heteroatoms. The first-order valence-corrected chi connectivity index (χ1v) is 7.99. The fourth-order valence-electron chi connectivity index (χ4n) is 3.06. The van der Waals surface area contributed by atoms with Gasteiger partial charge in [-0.25, -0.2) is 0 Å². The number of hydrogen-bond donors (Lipinski definition) is 1. The van der Waals surface area contributed by atoms with Gasteiger partial charge >= 0.3 is 0 Å². The van der Waals surface area contributed by atoms with E-state index in [0.29, 0.717) is 24.5 Å². The van der Waals surface area contributed by atoms with Crippen LogP contribution in [0, 0.1) is 0 Å². The van der Waals surface area contributed by atoms with Crippen molar-refractivity contribution in [3.63, 3.8) is 0 Å². The second kappa shape index (κ2) is 6.16. The monoisotopic (exact) mass is 329 g/mol. The van der Waals surface area contributed by atoms with E-state index in [9.17, 15) is 4.79 Å². The molecule has 2 aliphatic heterocycles. The minimum Gasteiger partial charge on any atom is -0.454 e. The fourth-order valence-corrected chi connectivity index (χ4v) is 3.06. The SMILES string of the molecule is Cn1cc(C(=O)NCc2ccc3c(c2)OCO3)c([C@@H]2CCOC2)n1. The quantitative estimate of drug-likeness (QED) is 0.922. The van der Waals surface area contributed by atoms with Crippen LogP contribution in [0.1, 0.15) is 34.0 Å². The number of benzene rings is 1. The Bertz CT molecular complexity index is 765. The maximum absolute atomic E-state index is 12.6. The second-order valence-electron chi connectivity index (χ2n) is 6.03. The molecule has 1 fully saturated rings. The molecule has 1 aromatic carbocycles. The first-order valence-electron chi connectivity index (χ1n) is 7.99. The molecular formula is C17H19N3O4. The van der Waals surface area contributed by atoms with E-state index >= 15 is 0 Å². The molecule has 1 atom stereocenters. The standard InChI is InChI=1S/C17H19N3O4/c1-20-8-13(16(19-20)12-4-5-22-9-12)17(21)18-7-11-2-3-14-15(6-11)24-10-23-14/h2-3,6,8,12H,4-5,7,9-10H2,1H3,(H,18,21)/t12-/m1/s1. The van der Waals surface area contributed by atoms with E-state index in [1.54, 1.807) is 10.9 Å². The molecule has 0 saturated carbocycles. The summed E-state index contributed by atoms with van der Waals surface area (Å²) < 4.78 is 17.8. The molecule has 2 aromatic rings. The largest absolute Gasteiger partial charge is 0.454 e. The minimum absolute atomic E-state index is 0.123. The molecule has 2 aliphatic rings. The van der Waals surface area contributed by atoms with Crippen LogP contribution in [-0.2, 0) is 18.3 Å². The van der Waals surface area contributed by atoms with E-state index in [2.05, 4.69) is 10.4 Å². The number of carbonyl (C=O) groups excluding carboxylic acids is 1. The second-order valence-corrected chi connectivity index (χ2v) is 6.03. The van der Waals surface area contributed by atoms with Crippen molar-refractivity contribution in [1.29, 1.82) is 0 Å². The lowest BCUT2D eigenvalue weighted by Gasteiger charge is -2.09. The lowest BCUT2D eigenvalue weighted by Crippen LogP contribution is -2.24. The summed E-state index contributed by atoms with van der Waals surface area (Å²) in [5.74, 6) is 1.52. The predicted octanol–water partition coefficient (Wildman–Crippen LogP) is 1.58. The van der Waals surface area contributed by atoms with Crippen molar-refractivity contribution in [3.8, 4) is 11.5 Å². The van der Waals surface area contributed by atoms with Gasteiger partial charge in [0, 0.05) is 32.3 Å². The van der Waals surface area contributed by atoms with Gasteiger partial charge < -0.3 is 19.5 Å². The van der Waals surface area contributed by atoms with Crippen molar-refractivity contribution in [1.82, 2.24) is 15.1 Å². The van der Waals surface area contributed by atoms with Crippen LogP contribution in [0.15, 0.2) is 24.4 Å². The van der Waals surface area contributed by atoms with Gasteiger partial charge in [-0.1, -0.05) is 6.07 Å². The summed E-state index contributed by atoms with van der Waals surface area (Å²) >= 11 is 0. The first kappa shape index (κ1) is 15.0. The Morgan fingerprint density at radius 1 is 1.38 bits per heavy atom. The van der Waals surface area contributed by atoms with Gasteiger partial charge in [0.1, 0.15) is 0 Å². The van der Waals surface area contributed by atoms with Crippen molar-refractivity contribution >= 4 is 5.91 Å². The van der Waals surface area contributed by atoms with Gasteiger partial charge in [-0.2, -0.15) is 5.10 Å². The topological polar surface area (TPSA) is 74.6 Å². The molecule has 4 rings (SSSR count). The van der Waals surface area contributed by atoms with E-state index in [1.165, 1.54) is 0 Å². The highest BCUT2D eigenvalue weighted by atomic mass is 16.7. The van der Waals surface area contributed by atoms with Gasteiger partial charge in [0.2, 0.25) is 6.79 Å². The molecule has 126 valence electrons. The van der Waals surface area contributed by atoms with E-state index in [0.717, 1.165) is 30.0 Å². The number of nitrogens with one attached hydrogen (secondary N) is 1. The van der Waals surface area contributed by atoms with Crippen LogP contribution in [0.3, 0.4) is 0 Å². The molecule has 0 aliphatic carbocycles. The molecule has 0 bridgehead atoms. The maximum Gasteiger partial charge on any atom is 0.255 e. The summed E-state index contributed by atoms with van der Waals surface area (Å²) in [7, 11) is 1.83. The number of ether oxygens (including phenoxy) is 3. The Hall–Kier alpha value is -2.54. The van der Waals surface area contributed by atoms with Crippen molar-refractivity contribution < 1.29 is 19.0 Å². The Morgan fingerprint density at radius 3 is 3.08 bits per heavy atom. The van der Waals surface area contributed by atoms with Crippen LogP contribution in [0.25, 0.3) is 0 Å². The lowest BCUT2D eigenvalue weighted by molar-refractivity contribution is 0.0949. The van der Waals surface area contributed by atoms with Crippen LogP contribution in [0.2, 0.25) is 0 Å². The maximum atomic E-state index is 12.6. The summed E-state index contributed by atoms with van der Waals surface area (Å²) in [6.45, 7) is 2.01. The van der Waals surface area contributed by atoms with Gasteiger partial charge in [-0.3, -0.25) is 9.48 Å². The van der Waals surface area contributed by atoms with Crippen LogP contribution >= 0.6 is 0 Å².